The van der Waals surface area contributed by atoms with Gasteiger partial charge in [-0.2, -0.15) is 0 Å². The summed E-state index contributed by atoms with van der Waals surface area (Å²) in [5.74, 6) is 0.850. The molecular weight excluding hydrogens is 376 g/mol. The van der Waals surface area contributed by atoms with Crippen LogP contribution < -0.4 is 10.0 Å². The number of nitrogens with zero attached hydrogens (tertiary/aromatic N) is 4. The molecule has 2 N–H and O–H groups in total. The molecule has 0 aliphatic carbocycles. The summed E-state index contributed by atoms with van der Waals surface area (Å²) in [6.07, 6.45) is 3.19. The lowest BCUT2D eigenvalue weighted by atomic mass is 10.3. The average molecular weight is 392 g/mol. The second-order valence-corrected chi connectivity index (χ2v) is 7.66. The number of benzene rings is 1. The predicted molar refractivity (Wildman–Crippen MR) is 107 cm³/mol. The molecule has 0 radical (unpaired) electrons. The first-order valence-electron chi connectivity index (χ1n) is 8.42. The van der Waals surface area contributed by atoms with Crippen molar-refractivity contribution in [1.82, 2.24) is 19.9 Å². The molecule has 0 unspecified atom stereocenters. The SMILES string of the molecule is Cc1nc2ncccc2nc1Nc1ccc(S(=O)(=O)Nc2ccccn2)cc1. The summed E-state index contributed by atoms with van der Waals surface area (Å²) in [6, 6.07) is 15.0. The van der Waals surface area contributed by atoms with Crippen LogP contribution >= 0.6 is 0 Å². The topological polar surface area (TPSA) is 110 Å². The molecule has 3 aromatic heterocycles. The van der Waals surface area contributed by atoms with E-state index in [9.17, 15) is 8.42 Å². The first-order chi connectivity index (χ1) is 13.5. The first kappa shape index (κ1) is 17.8. The summed E-state index contributed by atoms with van der Waals surface area (Å²) in [4.78, 5) is 17.2. The van der Waals surface area contributed by atoms with Gasteiger partial charge in [-0.3, -0.25) is 4.72 Å². The summed E-state index contributed by atoms with van der Waals surface area (Å²) < 4.78 is 27.4. The fourth-order valence-corrected chi connectivity index (χ4v) is 3.58. The third kappa shape index (κ3) is 3.74. The fourth-order valence-electron chi connectivity index (χ4n) is 2.57. The normalized spacial score (nSPS) is 11.3. The molecule has 0 spiro atoms. The lowest BCUT2D eigenvalue weighted by Crippen LogP contribution is -2.13. The third-order valence-corrected chi connectivity index (χ3v) is 5.32. The Bertz CT molecular complexity index is 1230. The molecule has 28 heavy (non-hydrogen) atoms. The summed E-state index contributed by atoms with van der Waals surface area (Å²) >= 11 is 0. The van der Waals surface area contributed by atoms with Gasteiger partial charge in [0.15, 0.2) is 11.5 Å². The van der Waals surface area contributed by atoms with Gasteiger partial charge in [-0.1, -0.05) is 6.07 Å². The van der Waals surface area contributed by atoms with Crippen LogP contribution in [0, 0.1) is 6.92 Å². The number of aryl methyl sites for hydroxylation is 1. The molecule has 9 heteroatoms. The molecule has 0 aliphatic rings. The van der Waals surface area contributed by atoms with Crippen molar-refractivity contribution in [3.8, 4) is 0 Å². The van der Waals surface area contributed by atoms with Crippen molar-refractivity contribution < 1.29 is 8.42 Å². The van der Waals surface area contributed by atoms with Crippen LogP contribution in [0.4, 0.5) is 17.3 Å². The number of sulfonamides is 1. The molecule has 4 aromatic rings. The fraction of sp³-hybridized carbons (Fsp3) is 0.0526. The summed E-state index contributed by atoms with van der Waals surface area (Å²) in [7, 11) is -3.72. The highest BCUT2D eigenvalue weighted by atomic mass is 32.2. The molecule has 4 rings (SSSR count). The van der Waals surface area contributed by atoms with Gasteiger partial charge >= 0.3 is 0 Å². The Morgan fingerprint density at radius 1 is 0.857 bits per heavy atom. The second-order valence-electron chi connectivity index (χ2n) is 5.97. The zero-order chi connectivity index (χ0) is 19.6. The van der Waals surface area contributed by atoms with Crippen LogP contribution in [-0.4, -0.2) is 28.4 Å². The zero-order valence-corrected chi connectivity index (χ0v) is 15.7. The smallest absolute Gasteiger partial charge is 0.263 e. The molecule has 140 valence electrons. The van der Waals surface area contributed by atoms with Crippen molar-refractivity contribution in [3.05, 3.63) is 72.7 Å². The van der Waals surface area contributed by atoms with Gasteiger partial charge in [0.2, 0.25) is 0 Å². The number of pyridine rings is 2. The Hall–Kier alpha value is -3.59. The second kappa shape index (κ2) is 7.20. The van der Waals surface area contributed by atoms with Gasteiger partial charge < -0.3 is 5.32 Å². The van der Waals surface area contributed by atoms with Crippen LogP contribution in [0.3, 0.4) is 0 Å². The Morgan fingerprint density at radius 2 is 1.64 bits per heavy atom. The van der Waals surface area contributed by atoms with E-state index in [-0.39, 0.29) is 10.7 Å². The van der Waals surface area contributed by atoms with Crippen LogP contribution in [0.1, 0.15) is 5.69 Å². The standard InChI is InChI=1S/C19H16N6O2S/c1-13-18(24-16-5-4-12-21-19(16)22-13)23-14-7-9-15(10-8-14)28(26,27)25-17-6-2-3-11-20-17/h2-12H,1H3,(H,20,25)(H,23,24). The molecule has 8 nitrogen and oxygen atoms in total. The highest BCUT2D eigenvalue weighted by Gasteiger charge is 2.15. The van der Waals surface area contributed by atoms with Crippen molar-refractivity contribution in [2.24, 2.45) is 0 Å². The molecule has 0 atom stereocenters. The molecule has 3 heterocycles. The largest absolute Gasteiger partial charge is 0.339 e. The number of nitrogens with one attached hydrogen (secondary N) is 2. The maximum Gasteiger partial charge on any atom is 0.263 e. The lowest BCUT2D eigenvalue weighted by Gasteiger charge is -2.10. The number of hydrogen-bond acceptors (Lipinski definition) is 7. The Labute approximate surface area is 161 Å². The highest BCUT2D eigenvalue weighted by molar-refractivity contribution is 7.92. The van der Waals surface area contributed by atoms with Gasteiger partial charge in [-0.15, -0.1) is 0 Å². The van der Waals surface area contributed by atoms with E-state index in [0.717, 1.165) is 0 Å². The van der Waals surface area contributed by atoms with Gasteiger partial charge in [0.25, 0.3) is 10.0 Å². The predicted octanol–water partition coefficient (Wildman–Crippen LogP) is 3.27. The minimum atomic E-state index is -3.72. The van der Waals surface area contributed by atoms with Crippen LogP contribution in [0.5, 0.6) is 0 Å². The van der Waals surface area contributed by atoms with Crippen molar-refractivity contribution in [1.29, 1.82) is 0 Å². The van der Waals surface area contributed by atoms with Crippen LogP contribution in [0.2, 0.25) is 0 Å². The molecule has 0 saturated heterocycles. The molecule has 0 fully saturated rings. The van der Waals surface area contributed by atoms with E-state index in [0.29, 0.717) is 28.4 Å². The van der Waals surface area contributed by atoms with E-state index in [4.69, 9.17) is 0 Å². The van der Waals surface area contributed by atoms with Crippen LogP contribution in [-0.2, 0) is 10.0 Å². The number of hydrogen-bond donors (Lipinski definition) is 2. The molecule has 1 aromatic carbocycles. The van der Waals surface area contributed by atoms with Gasteiger partial charge in [-0.05, 0) is 55.5 Å². The number of aromatic nitrogens is 4. The Morgan fingerprint density at radius 3 is 2.39 bits per heavy atom. The first-order valence-corrected chi connectivity index (χ1v) is 9.90. The van der Waals surface area contributed by atoms with Crippen molar-refractivity contribution in [3.63, 3.8) is 0 Å². The van der Waals surface area contributed by atoms with Crippen LogP contribution in [0.25, 0.3) is 11.2 Å². The van der Waals surface area contributed by atoms with Gasteiger partial charge in [-0.25, -0.2) is 28.4 Å². The third-order valence-electron chi connectivity index (χ3n) is 3.95. The lowest BCUT2D eigenvalue weighted by molar-refractivity contribution is 0.601. The highest BCUT2D eigenvalue weighted by Crippen LogP contribution is 2.22. The monoisotopic (exact) mass is 392 g/mol. The maximum atomic E-state index is 12.5. The minimum absolute atomic E-state index is 0.134. The minimum Gasteiger partial charge on any atom is -0.339 e. The molecular formula is C19H16N6O2S. The number of fused-ring (bicyclic) bond motifs is 1. The van der Waals surface area contributed by atoms with E-state index >= 15 is 0 Å². The van der Waals surface area contributed by atoms with E-state index < -0.39 is 10.0 Å². The van der Waals surface area contributed by atoms with E-state index in [1.807, 2.05) is 13.0 Å². The quantitative estimate of drug-likeness (QED) is 0.536. The number of anilines is 3. The zero-order valence-electron chi connectivity index (χ0n) is 14.9. The average Bonchev–Trinajstić information content (AvgIpc) is 2.69. The molecule has 0 aliphatic heterocycles. The van der Waals surface area contributed by atoms with Gasteiger partial charge in [0, 0.05) is 18.1 Å². The van der Waals surface area contributed by atoms with E-state index in [2.05, 4.69) is 30.0 Å². The van der Waals surface area contributed by atoms with Crippen molar-refractivity contribution in [2.75, 3.05) is 10.0 Å². The maximum absolute atomic E-state index is 12.5. The number of rotatable bonds is 5. The Balaban J connectivity index is 1.56. The van der Waals surface area contributed by atoms with E-state index in [1.54, 1.807) is 42.6 Å². The molecule has 0 bridgehead atoms. The summed E-state index contributed by atoms with van der Waals surface area (Å²) in [6.45, 7) is 1.83. The van der Waals surface area contributed by atoms with Crippen LogP contribution in [0.15, 0.2) is 71.9 Å². The van der Waals surface area contributed by atoms with Gasteiger partial charge in [0.1, 0.15) is 11.3 Å². The summed E-state index contributed by atoms with van der Waals surface area (Å²) in [5, 5.41) is 3.16. The van der Waals surface area contributed by atoms with Gasteiger partial charge in [0.05, 0.1) is 10.6 Å². The van der Waals surface area contributed by atoms with Crippen molar-refractivity contribution in [2.45, 2.75) is 11.8 Å². The van der Waals surface area contributed by atoms with Crippen molar-refractivity contribution >= 4 is 38.5 Å². The molecule has 0 saturated carbocycles. The Kier molecular flexibility index (Phi) is 4.58. The summed E-state index contributed by atoms with van der Waals surface area (Å²) in [5.41, 5.74) is 2.64. The van der Waals surface area contributed by atoms with E-state index in [1.165, 1.54) is 18.3 Å². The molecule has 0 amide bonds.